The van der Waals surface area contributed by atoms with E-state index in [9.17, 15) is 8.42 Å². The van der Waals surface area contributed by atoms with E-state index in [-0.39, 0.29) is 18.5 Å². The van der Waals surface area contributed by atoms with Gasteiger partial charge in [0.15, 0.2) is 21.5 Å². The molecule has 2 heterocycles. The molecule has 1 aromatic carbocycles. The average Bonchev–Trinajstić information content (AvgIpc) is 3.22. The van der Waals surface area contributed by atoms with E-state index < -0.39 is 26.9 Å². The SMILES string of the molecule is COCc1nnc(CS(=O)(=O)[C@@H](C)[C@@H](OC(C)C)c2ccc(C)cn2)n1-c1c(OC)cccc1OC. The molecule has 0 aliphatic heterocycles. The largest absolute Gasteiger partial charge is 0.494 e. The van der Waals surface area contributed by atoms with Crippen molar-refractivity contribution < 1.29 is 27.4 Å². The first-order valence-electron chi connectivity index (χ1n) is 11.6. The van der Waals surface area contributed by atoms with Gasteiger partial charge in [0.2, 0.25) is 0 Å². The first-order valence-corrected chi connectivity index (χ1v) is 13.3. The lowest BCUT2D eigenvalue weighted by molar-refractivity contribution is 0.00404. The Balaban J connectivity index is 2.07. The lowest BCUT2D eigenvalue weighted by Gasteiger charge is -2.26. The number of para-hydroxylation sites is 1. The fourth-order valence-electron chi connectivity index (χ4n) is 3.84. The van der Waals surface area contributed by atoms with Crippen molar-refractivity contribution >= 4 is 9.84 Å². The third-order valence-electron chi connectivity index (χ3n) is 5.66. The molecular weight excluding hydrogens is 484 g/mol. The van der Waals surface area contributed by atoms with Crippen molar-refractivity contribution in [2.24, 2.45) is 0 Å². The molecule has 0 aliphatic carbocycles. The Morgan fingerprint density at radius 2 is 1.58 bits per heavy atom. The van der Waals surface area contributed by atoms with Gasteiger partial charge in [-0.1, -0.05) is 12.1 Å². The zero-order valence-corrected chi connectivity index (χ0v) is 22.6. The van der Waals surface area contributed by atoms with Crippen molar-refractivity contribution in [3.63, 3.8) is 0 Å². The van der Waals surface area contributed by atoms with Crippen molar-refractivity contribution in [1.82, 2.24) is 19.7 Å². The van der Waals surface area contributed by atoms with Gasteiger partial charge in [0.05, 0.1) is 31.3 Å². The van der Waals surface area contributed by atoms with E-state index in [0.717, 1.165) is 5.56 Å². The summed E-state index contributed by atoms with van der Waals surface area (Å²) in [6.45, 7) is 7.39. The second-order valence-electron chi connectivity index (χ2n) is 8.69. The number of hydrogen-bond donors (Lipinski definition) is 0. The van der Waals surface area contributed by atoms with Gasteiger partial charge in [-0.2, -0.15) is 0 Å². The Morgan fingerprint density at radius 1 is 0.944 bits per heavy atom. The molecule has 0 amide bonds. The summed E-state index contributed by atoms with van der Waals surface area (Å²) in [4.78, 5) is 4.44. The first kappa shape index (κ1) is 27.6. The van der Waals surface area contributed by atoms with Crippen LogP contribution in [0.25, 0.3) is 5.69 Å². The van der Waals surface area contributed by atoms with Crippen LogP contribution in [0.1, 0.15) is 49.8 Å². The van der Waals surface area contributed by atoms with Gasteiger partial charge in [0, 0.05) is 13.3 Å². The third-order valence-corrected chi connectivity index (χ3v) is 7.70. The summed E-state index contributed by atoms with van der Waals surface area (Å²) < 4.78 is 51.5. The molecule has 0 radical (unpaired) electrons. The highest BCUT2D eigenvalue weighted by Crippen LogP contribution is 2.35. The van der Waals surface area contributed by atoms with E-state index in [4.69, 9.17) is 18.9 Å². The molecule has 0 saturated heterocycles. The van der Waals surface area contributed by atoms with Crippen molar-refractivity contribution in [2.45, 2.75) is 57.5 Å². The van der Waals surface area contributed by atoms with Gasteiger partial charge < -0.3 is 18.9 Å². The molecule has 0 fully saturated rings. The van der Waals surface area contributed by atoms with Crippen molar-refractivity contribution in [3.05, 3.63) is 59.4 Å². The van der Waals surface area contributed by atoms with Gasteiger partial charge in [0.1, 0.15) is 35.7 Å². The molecule has 0 saturated carbocycles. The fraction of sp³-hybridized carbons (Fsp3) is 0.480. The van der Waals surface area contributed by atoms with Crippen LogP contribution >= 0.6 is 0 Å². The lowest BCUT2D eigenvalue weighted by Crippen LogP contribution is -2.31. The van der Waals surface area contributed by atoms with Crippen LogP contribution in [0, 0.1) is 6.92 Å². The number of pyridine rings is 1. The van der Waals surface area contributed by atoms with E-state index in [0.29, 0.717) is 28.7 Å². The van der Waals surface area contributed by atoms with Gasteiger partial charge >= 0.3 is 0 Å². The molecular formula is C25H34N4O6S. The van der Waals surface area contributed by atoms with Crippen LogP contribution in [0.2, 0.25) is 0 Å². The van der Waals surface area contributed by atoms with Gasteiger partial charge in [-0.05, 0) is 51.5 Å². The topological polar surface area (TPSA) is 115 Å². The molecule has 0 N–H and O–H groups in total. The molecule has 196 valence electrons. The van der Waals surface area contributed by atoms with Gasteiger partial charge in [-0.3, -0.25) is 9.55 Å². The predicted molar refractivity (Wildman–Crippen MR) is 135 cm³/mol. The summed E-state index contributed by atoms with van der Waals surface area (Å²) in [6.07, 6.45) is 0.740. The molecule has 0 spiro atoms. The second-order valence-corrected chi connectivity index (χ2v) is 11.0. The van der Waals surface area contributed by atoms with Crippen LogP contribution in [0.15, 0.2) is 36.5 Å². The standard InChI is InChI=1S/C25H34N4O6S/c1-16(2)35-25(19-12-11-17(3)13-26-19)18(4)36(30,31)15-23-28-27-22(14-32-5)29(23)24-20(33-6)9-8-10-21(24)34-7/h8-13,16,18,25H,14-15H2,1-7H3/t18-,25+/m0/s1. The maximum Gasteiger partial charge on any atom is 0.163 e. The van der Waals surface area contributed by atoms with E-state index in [2.05, 4.69) is 15.2 Å². The van der Waals surface area contributed by atoms with Crippen LogP contribution in [-0.2, 0) is 31.7 Å². The minimum absolute atomic E-state index is 0.107. The Bertz CT molecular complexity index is 1240. The molecule has 36 heavy (non-hydrogen) atoms. The van der Waals surface area contributed by atoms with Crippen LogP contribution in [0.4, 0.5) is 0 Å². The highest BCUT2D eigenvalue weighted by molar-refractivity contribution is 7.91. The van der Waals surface area contributed by atoms with Crippen molar-refractivity contribution in [1.29, 1.82) is 0 Å². The Labute approximate surface area is 212 Å². The highest BCUT2D eigenvalue weighted by Gasteiger charge is 2.35. The molecule has 0 bridgehead atoms. The number of sulfone groups is 1. The van der Waals surface area contributed by atoms with E-state index in [1.807, 2.05) is 26.8 Å². The second kappa shape index (κ2) is 11.8. The first-order chi connectivity index (χ1) is 17.1. The smallest absolute Gasteiger partial charge is 0.163 e. The van der Waals surface area contributed by atoms with Crippen LogP contribution < -0.4 is 9.47 Å². The van der Waals surface area contributed by atoms with Crippen molar-refractivity contribution in [3.8, 4) is 17.2 Å². The Hall–Kier alpha value is -3.02. The number of aromatic nitrogens is 4. The third kappa shape index (κ3) is 6.03. The molecule has 10 nitrogen and oxygen atoms in total. The minimum Gasteiger partial charge on any atom is -0.494 e. The number of nitrogens with zero attached hydrogens (tertiary/aromatic N) is 4. The van der Waals surface area contributed by atoms with E-state index in [1.165, 1.54) is 21.3 Å². The monoisotopic (exact) mass is 518 g/mol. The summed E-state index contributed by atoms with van der Waals surface area (Å²) >= 11 is 0. The summed E-state index contributed by atoms with van der Waals surface area (Å²) in [5.74, 6) is 1.17. The number of ether oxygens (including phenoxy) is 4. The van der Waals surface area contributed by atoms with E-state index in [1.54, 1.807) is 42.0 Å². The summed E-state index contributed by atoms with van der Waals surface area (Å²) in [7, 11) is 0.783. The van der Waals surface area contributed by atoms with Gasteiger partial charge in [-0.25, -0.2) is 8.42 Å². The molecule has 3 aromatic rings. The molecule has 0 aliphatic rings. The number of rotatable bonds is 12. The van der Waals surface area contributed by atoms with Gasteiger partial charge in [0.25, 0.3) is 0 Å². The zero-order chi connectivity index (χ0) is 26.5. The van der Waals surface area contributed by atoms with Crippen LogP contribution in [-0.4, -0.2) is 60.8 Å². The number of benzene rings is 1. The van der Waals surface area contributed by atoms with Crippen LogP contribution in [0.5, 0.6) is 11.5 Å². The zero-order valence-electron chi connectivity index (χ0n) is 21.8. The molecule has 2 atom stereocenters. The fourth-order valence-corrected chi connectivity index (χ4v) is 5.23. The van der Waals surface area contributed by atoms with Crippen LogP contribution in [0.3, 0.4) is 0 Å². The highest BCUT2D eigenvalue weighted by atomic mass is 32.2. The minimum atomic E-state index is -3.80. The molecule has 2 aromatic heterocycles. The average molecular weight is 519 g/mol. The van der Waals surface area contributed by atoms with E-state index >= 15 is 0 Å². The summed E-state index contributed by atoms with van der Waals surface area (Å²) in [5, 5.41) is 7.52. The molecule has 3 rings (SSSR count). The Kier molecular flexibility index (Phi) is 9.04. The Morgan fingerprint density at radius 3 is 2.11 bits per heavy atom. The maximum atomic E-state index is 13.7. The lowest BCUT2D eigenvalue weighted by atomic mass is 10.1. The number of methoxy groups -OCH3 is 3. The quantitative estimate of drug-likeness (QED) is 0.355. The number of hydrogen-bond acceptors (Lipinski definition) is 9. The normalized spacial score (nSPS) is 13.6. The summed E-state index contributed by atoms with van der Waals surface area (Å²) in [5.41, 5.74) is 2.02. The predicted octanol–water partition coefficient (Wildman–Crippen LogP) is 3.60. The van der Waals surface area contributed by atoms with Gasteiger partial charge in [-0.15, -0.1) is 10.2 Å². The van der Waals surface area contributed by atoms with Crippen molar-refractivity contribution in [2.75, 3.05) is 21.3 Å². The number of aryl methyl sites for hydroxylation is 1. The molecule has 11 heteroatoms. The molecule has 0 unspecified atom stereocenters. The summed E-state index contributed by atoms with van der Waals surface area (Å²) in [6, 6.07) is 8.98. The maximum absolute atomic E-state index is 13.7.